The van der Waals surface area contributed by atoms with Gasteiger partial charge in [0.05, 0.1) is 0 Å². The summed E-state index contributed by atoms with van der Waals surface area (Å²) in [6, 6.07) is 0. The van der Waals surface area contributed by atoms with Crippen LogP contribution in [-0.2, 0) is 33.0 Å². The molecule has 0 fully saturated rings. The van der Waals surface area contributed by atoms with Crippen LogP contribution in [0, 0.1) is 17.8 Å². The van der Waals surface area contributed by atoms with Gasteiger partial charge in [-0.1, -0.05) is 0 Å². The summed E-state index contributed by atoms with van der Waals surface area (Å²) in [5, 5.41) is 0. The zero-order chi connectivity index (χ0) is 21.4. The third-order valence-electron chi connectivity index (χ3n) is 4.79. The standard InChI is InChI=1S/C9H21OSi.3C4H9O.Zr/c1-7(2)11(10,8(3)4)9(5)6;3*1-4(2)3-5;/h7-9H,1-6H3;3*4H,3H2,1-2H3;/q4*-1;+4. The first-order chi connectivity index (χ1) is 12.3. The molecule has 0 aromatic carbocycles. The van der Waals surface area contributed by atoms with Crippen molar-refractivity contribution in [3.63, 3.8) is 0 Å². The van der Waals surface area contributed by atoms with Gasteiger partial charge < -0.3 is 0 Å². The fourth-order valence-corrected chi connectivity index (χ4v) is 23.2. The van der Waals surface area contributed by atoms with E-state index in [9.17, 15) is 0 Å². The first-order valence-corrected chi connectivity index (χ1v) is 17.1. The fraction of sp³-hybridized carbons (Fsp3) is 1.00. The average molecular weight is 484 g/mol. The maximum absolute atomic E-state index is 7.14. The maximum atomic E-state index is 7.14. The van der Waals surface area contributed by atoms with Gasteiger partial charge in [-0.3, -0.25) is 0 Å². The van der Waals surface area contributed by atoms with E-state index < -0.39 is 30.3 Å². The summed E-state index contributed by atoms with van der Waals surface area (Å²) in [5.41, 5.74) is 1.42. The van der Waals surface area contributed by atoms with E-state index in [1.165, 1.54) is 0 Å². The topological polar surface area (TPSA) is 36.9 Å². The van der Waals surface area contributed by atoms with Crippen molar-refractivity contribution in [2.24, 2.45) is 17.8 Å². The fourth-order valence-electron chi connectivity index (χ4n) is 3.59. The molecule has 0 aliphatic rings. The van der Waals surface area contributed by atoms with Gasteiger partial charge in [0.2, 0.25) is 0 Å². The van der Waals surface area contributed by atoms with E-state index >= 15 is 0 Å². The molecule has 0 rings (SSSR count). The minimum absolute atomic E-state index is 0.420. The van der Waals surface area contributed by atoms with Crippen molar-refractivity contribution in [1.82, 2.24) is 0 Å². The summed E-state index contributed by atoms with van der Waals surface area (Å²) in [6.45, 7) is 28.7. The van der Waals surface area contributed by atoms with Crippen LogP contribution >= 0.6 is 0 Å². The van der Waals surface area contributed by atoms with Gasteiger partial charge >= 0.3 is 179 Å². The number of hydrogen-bond donors (Lipinski definition) is 0. The van der Waals surface area contributed by atoms with Crippen molar-refractivity contribution >= 4 is 8.32 Å². The second-order valence-corrected chi connectivity index (χ2v) is 21.5. The van der Waals surface area contributed by atoms with E-state index in [0.717, 1.165) is 0 Å². The Morgan fingerprint density at radius 2 is 0.778 bits per heavy atom. The van der Waals surface area contributed by atoms with E-state index in [0.29, 0.717) is 54.2 Å². The first kappa shape index (κ1) is 27.9. The molecule has 0 saturated carbocycles. The van der Waals surface area contributed by atoms with Gasteiger partial charge in [-0.2, -0.15) is 0 Å². The summed E-state index contributed by atoms with van der Waals surface area (Å²) in [6.07, 6.45) is 0. The Hall–Kier alpha value is 0.940. The van der Waals surface area contributed by atoms with Gasteiger partial charge in [-0.15, -0.1) is 0 Å². The monoisotopic (exact) mass is 482 g/mol. The normalized spacial score (nSPS) is 14.0. The molecule has 0 bridgehead atoms. The van der Waals surface area contributed by atoms with Crippen molar-refractivity contribution in [1.29, 1.82) is 0 Å². The summed E-state index contributed by atoms with van der Waals surface area (Å²) in [5.74, 6) is 1.26. The quantitative estimate of drug-likeness (QED) is 0.249. The molecule has 6 heteroatoms. The molecule has 0 aliphatic heterocycles. The van der Waals surface area contributed by atoms with Crippen LogP contribution in [0.4, 0.5) is 0 Å². The molecule has 0 aliphatic carbocycles. The van der Waals surface area contributed by atoms with E-state index in [-0.39, 0.29) is 0 Å². The van der Waals surface area contributed by atoms with Gasteiger partial charge in [0.25, 0.3) is 0 Å². The molecule has 0 spiro atoms. The van der Waals surface area contributed by atoms with Crippen LogP contribution in [-0.4, -0.2) is 28.1 Å². The molecule has 0 radical (unpaired) electrons. The Kier molecular flexibility index (Phi) is 13.0. The van der Waals surface area contributed by atoms with E-state index in [4.69, 9.17) is 10.9 Å². The Labute approximate surface area is 178 Å². The summed E-state index contributed by atoms with van der Waals surface area (Å²) >= 11 is -4.18. The molecular weight excluding hydrogens is 436 g/mol. The van der Waals surface area contributed by atoms with Crippen LogP contribution in [0.2, 0.25) is 16.6 Å². The van der Waals surface area contributed by atoms with E-state index in [1.54, 1.807) is 0 Å². The van der Waals surface area contributed by atoms with Crippen LogP contribution in [0.3, 0.4) is 0 Å². The van der Waals surface area contributed by atoms with E-state index in [1.807, 2.05) is 0 Å². The molecular formula is C21H48O4SiZr. The van der Waals surface area contributed by atoms with Crippen LogP contribution < -0.4 is 0 Å². The SMILES string of the molecule is CC(C)C[O][Zr]([O]CC(C)C)([O]CC(C)C)[O][Si](C(C)C)(C(C)C)C(C)C. The molecule has 0 unspecified atom stereocenters. The van der Waals surface area contributed by atoms with Crippen LogP contribution in [0.5, 0.6) is 0 Å². The van der Waals surface area contributed by atoms with Gasteiger partial charge in [-0.05, 0) is 0 Å². The minimum atomic E-state index is -4.18. The molecule has 0 atom stereocenters. The van der Waals surface area contributed by atoms with Crippen molar-refractivity contribution in [3.05, 3.63) is 0 Å². The summed E-state index contributed by atoms with van der Waals surface area (Å²) in [7, 11) is -2.16. The van der Waals surface area contributed by atoms with Crippen LogP contribution in [0.15, 0.2) is 0 Å². The first-order valence-electron chi connectivity index (χ1n) is 10.9. The second kappa shape index (κ2) is 12.6. The van der Waals surface area contributed by atoms with Crippen LogP contribution in [0.1, 0.15) is 83.1 Å². The third kappa shape index (κ3) is 9.09. The molecule has 0 amide bonds. The predicted octanol–water partition coefficient (Wildman–Crippen LogP) is 7.01. The van der Waals surface area contributed by atoms with Crippen molar-refractivity contribution < 1.29 is 33.0 Å². The Balaban J connectivity index is 6.02. The zero-order valence-electron chi connectivity index (χ0n) is 20.2. The molecule has 0 N–H and O–H groups in total. The Morgan fingerprint density at radius 3 is 0.963 bits per heavy atom. The number of rotatable bonds is 14. The van der Waals surface area contributed by atoms with Crippen molar-refractivity contribution in [3.8, 4) is 0 Å². The average Bonchev–Trinajstić information content (AvgIpc) is 2.52. The zero-order valence-corrected chi connectivity index (χ0v) is 23.7. The van der Waals surface area contributed by atoms with Gasteiger partial charge in [0, 0.05) is 0 Å². The molecule has 164 valence electrons. The van der Waals surface area contributed by atoms with Gasteiger partial charge in [0.15, 0.2) is 0 Å². The van der Waals surface area contributed by atoms with Crippen molar-refractivity contribution in [2.75, 3.05) is 19.8 Å². The number of hydrogen-bond acceptors (Lipinski definition) is 4. The second-order valence-electron chi connectivity index (χ2n) is 10.0. The molecule has 27 heavy (non-hydrogen) atoms. The van der Waals surface area contributed by atoms with Crippen LogP contribution in [0.25, 0.3) is 0 Å². The summed E-state index contributed by atoms with van der Waals surface area (Å²) in [4.78, 5) is 0. The van der Waals surface area contributed by atoms with Crippen molar-refractivity contribution in [2.45, 2.75) is 99.7 Å². The molecule has 0 heterocycles. The van der Waals surface area contributed by atoms with Gasteiger partial charge in [0.1, 0.15) is 0 Å². The van der Waals surface area contributed by atoms with E-state index in [2.05, 4.69) is 83.1 Å². The predicted molar refractivity (Wildman–Crippen MR) is 115 cm³/mol. The summed E-state index contributed by atoms with van der Waals surface area (Å²) < 4.78 is 26.6. The molecule has 0 aromatic rings. The molecule has 0 saturated heterocycles. The Morgan fingerprint density at radius 1 is 0.519 bits per heavy atom. The molecule has 4 nitrogen and oxygen atoms in total. The third-order valence-corrected chi connectivity index (χ3v) is 19.1. The Bertz CT molecular complexity index is 345. The van der Waals surface area contributed by atoms with Gasteiger partial charge in [-0.25, -0.2) is 0 Å². The molecule has 0 aromatic heterocycles.